The number of Topliss-reactive ketones (excluding diaryl/α,β-unsaturated/α-hetero) is 2. The molecule has 0 spiro atoms. The first-order chi connectivity index (χ1) is 26.5. The van der Waals surface area contributed by atoms with Gasteiger partial charge in [0.05, 0.1) is 4.48 Å². The largest absolute Gasteiger partial charge is 0.289 e. The van der Waals surface area contributed by atoms with E-state index in [1.807, 2.05) is 0 Å². The van der Waals surface area contributed by atoms with E-state index in [4.69, 9.17) is 0 Å². The van der Waals surface area contributed by atoms with E-state index in [1.165, 1.54) is 69.4 Å². The molecule has 0 atom stereocenters. The van der Waals surface area contributed by atoms with Gasteiger partial charge >= 0.3 is 0 Å². The molecule has 0 fully saturated rings. The zero-order valence-electron chi connectivity index (χ0n) is 37.9. The average Bonchev–Trinajstić information content (AvgIpc) is 3.13. The van der Waals surface area contributed by atoms with Gasteiger partial charge < -0.3 is 0 Å². The third kappa shape index (κ3) is 23.3. The van der Waals surface area contributed by atoms with Gasteiger partial charge in [0.1, 0.15) is 0 Å². The molecular formula is C53H79BrO2. The summed E-state index contributed by atoms with van der Waals surface area (Å²) in [6.07, 6.45) is 39.8. The van der Waals surface area contributed by atoms with Crippen LogP contribution in [-0.4, -0.2) is 11.6 Å². The third-order valence-corrected chi connectivity index (χ3v) is 11.8. The Balaban J connectivity index is 2.29. The normalized spacial score (nSPS) is 16.2. The maximum atomic E-state index is 12.7. The fraction of sp³-hybridized carbons (Fsp3) is 0.547. The second kappa shape index (κ2) is 29.2. The summed E-state index contributed by atoms with van der Waals surface area (Å²) in [5.74, 6) is -0.0936. The lowest BCUT2D eigenvalue weighted by Crippen LogP contribution is -2.19. The topological polar surface area (TPSA) is 34.1 Å². The molecule has 0 bridgehead atoms. The fourth-order valence-electron chi connectivity index (χ4n) is 6.66. The predicted molar refractivity (Wildman–Crippen MR) is 252 cm³/mol. The molecule has 56 heavy (non-hydrogen) atoms. The molecule has 0 unspecified atom stereocenters. The smallest absolute Gasteiger partial charge is 0.196 e. The van der Waals surface area contributed by atoms with Gasteiger partial charge in [0.25, 0.3) is 0 Å². The van der Waals surface area contributed by atoms with Crippen LogP contribution in [0.1, 0.15) is 192 Å². The second-order valence-corrected chi connectivity index (χ2v) is 17.7. The molecule has 0 saturated carbocycles. The van der Waals surface area contributed by atoms with Crippen LogP contribution in [0.4, 0.5) is 0 Å². The molecule has 0 aromatic carbocycles. The van der Waals surface area contributed by atoms with Crippen LogP contribution in [0.3, 0.4) is 0 Å². The monoisotopic (exact) mass is 828 g/mol. The van der Waals surface area contributed by atoms with Gasteiger partial charge in [0.15, 0.2) is 11.6 Å². The number of halogens is 1. The number of hydrogen-bond donors (Lipinski definition) is 0. The Labute approximate surface area is 353 Å². The minimum Gasteiger partial charge on any atom is -0.289 e. The van der Waals surface area contributed by atoms with Crippen molar-refractivity contribution in [3.05, 3.63) is 126 Å². The van der Waals surface area contributed by atoms with E-state index in [0.29, 0.717) is 27.6 Å². The highest BCUT2D eigenvalue weighted by atomic mass is 79.9. The summed E-state index contributed by atoms with van der Waals surface area (Å²) >= 11 is 3.37. The first-order valence-corrected chi connectivity index (χ1v) is 22.3. The SMILES string of the molecule is CC(C)=CCC/C(C)=C/CC/C(C)=C/CC/C(C)=C/CC/C(C)=C/CC/C(C)=C/CC/C(C)=C/CC/C(C)=C/CC/C(C)=C/CC1=C(Br)C(=O)C(C)=C(C)[13C]1=O. The van der Waals surface area contributed by atoms with Gasteiger partial charge in [-0.2, -0.15) is 0 Å². The number of carbonyl (C=O) groups is 2. The van der Waals surface area contributed by atoms with Crippen LogP contribution < -0.4 is 0 Å². The highest BCUT2D eigenvalue weighted by molar-refractivity contribution is 9.12. The van der Waals surface area contributed by atoms with Crippen LogP contribution in [0.15, 0.2) is 126 Å². The summed E-state index contributed by atoms with van der Waals surface area (Å²) in [4.78, 5) is 25.1. The van der Waals surface area contributed by atoms with Crippen LogP contribution >= 0.6 is 15.9 Å². The number of rotatable bonds is 26. The minimum atomic E-state index is -0.0723. The van der Waals surface area contributed by atoms with Crippen LogP contribution in [0.5, 0.6) is 0 Å². The van der Waals surface area contributed by atoms with Crippen molar-refractivity contribution in [1.29, 1.82) is 0 Å². The Bertz CT molecular complexity index is 1650. The van der Waals surface area contributed by atoms with Crippen LogP contribution in [0.25, 0.3) is 0 Å². The Morgan fingerprint density at radius 1 is 0.375 bits per heavy atom. The molecule has 0 amide bonds. The lowest BCUT2D eigenvalue weighted by molar-refractivity contribution is -0.116. The van der Waals surface area contributed by atoms with E-state index in [0.717, 1.165) is 83.5 Å². The van der Waals surface area contributed by atoms with Crippen molar-refractivity contribution in [2.45, 2.75) is 192 Å². The van der Waals surface area contributed by atoms with Gasteiger partial charge in [0, 0.05) is 16.7 Å². The first kappa shape index (κ1) is 51.0. The lowest BCUT2D eigenvalue weighted by Gasteiger charge is -2.16. The van der Waals surface area contributed by atoms with Crippen molar-refractivity contribution in [2.24, 2.45) is 0 Å². The fourth-order valence-corrected chi connectivity index (χ4v) is 7.29. The van der Waals surface area contributed by atoms with E-state index in [9.17, 15) is 9.59 Å². The molecule has 1 aliphatic carbocycles. The molecule has 0 aromatic rings. The quantitative estimate of drug-likeness (QED) is 0.0494. The number of hydrogen-bond acceptors (Lipinski definition) is 2. The van der Waals surface area contributed by atoms with E-state index < -0.39 is 0 Å². The summed E-state index contributed by atoms with van der Waals surface area (Å²) in [5, 5.41) is 0. The first-order valence-electron chi connectivity index (χ1n) is 21.6. The van der Waals surface area contributed by atoms with Gasteiger partial charge in [-0.15, -0.1) is 0 Å². The van der Waals surface area contributed by atoms with Gasteiger partial charge in [-0.05, 0) is 208 Å². The van der Waals surface area contributed by atoms with Gasteiger partial charge in [-0.3, -0.25) is 9.59 Å². The van der Waals surface area contributed by atoms with Crippen molar-refractivity contribution in [2.75, 3.05) is 0 Å². The molecule has 0 heterocycles. The number of carbonyl (C=O) groups excluding carboxylic acids is 2. The Morgan fingerprint density at radius 2 is 0.607 bits per heavy atom. The maximum absolute atomic E-state index is 12.7. The van der Waals surface area contributed by atoms with Gasteiger partial charge in [-0.1, -0.05) is 105 Å². The second-order valence-electron chi connectivity index (χ2n) is 16.9. The van der Waals surface area contributed by atoms with Crippen molar-refractivity contribution < 1.29 is 9.59 Å². The molecule has 0 N–H and O–H groups in total. The Hall–Kier alpha value is -3.04. The molecule has 0 radical (unpaired) electrons. The van der Waals surface area contributed by atoms with E-state index >= 15 is 0 Å². The minimum absolute atomic E-state index is 0.0213. The molecule has 1 aliphatic rings. The summed E-state index contributed by atoms with van der Waals surface area (Å²) in [6, 6.07) is 0. The van der Waals surface area contributed by atoms with Gasteiger partial charge in [0.2, 0.25) is 0 Å². The summed E-state index contributed by atoms with van der Waals surface area (Å²) in [5.41, 5.74) is 14.8. The third-order valence-electron chi connectivity index (χ3n) is 10.9. The van der Waals surface area contributed by atoms with Crippen molar-refractivity contribution in [3.63, 3.8) is 0 Å². The predicted octanol–water partition coefficient (Wildman–Crippen LogP) is 17.3. The Morgan fingerprint density at radius 3 is 0.875 bits per heavy atom. The van der Waals surface area contributed by atoms with Crippen LogP contribution in [0, 0.1) is 0 Å². The lowest BCUT2D eigenvalue weighted by atomic mass is 9.99. The standard InChI is InChI=1S/C53H79BrO2/c1-39(2)21-13-22-40(3)23-14-24-41(4)25-15-26-42(5)27-16-28-43(6)29-17-30-44(7)31-18-32-45(8)33-19-34-46(9)35-20-36-47(10)37-38-50-51(54)53(56)49(12)48(11)52(50)55/h21,23,25,27,29,31,33,35,37H,13-20,22,24,26,28,30,32,34,36,38H2,1-12H3/b40-23+,41-25+,42-27+,43-29+,44-31+,45-33+,46-35+,47-37+/i52+1. The summed E-state index contributed by atoms with van der Waals surface area (Å²) in [6.45, 7) is 25.9. The van der Waals surface area contributed by atoms with Crippen molar-refractivity contribution in [3.8, 4) is 0 Å². The van der Waals surface area contributed by atoms with Gasteiger partial charge in [-0.25, -0.2) is 0 Å². The highest BCUT2D eigenvalue weighted by Gasteiger charge is 2.28. The van der Waals surface area contributed by atoms with Crippen LogP contribution in [-0.2, 0) is 9.59 Å². The zero-order valence-corrected chi connectivity index (χ0v) is 39.5. The summed E-state index contributed by atoms with van der Waals surface area (Å²) < 4.78 is 0.420. The van der Waals surface area contributed by atoms with Crippen molar-refractivity contribution in [1.82, 2.24) is 0 Å². The maximum Gasteiger partial charge on any atom is 0.196 e. The Kier molecular flexibility index (Phi) is 26.6. The van der Waals surface area contributed by atoms with Crippen molar-refractivity contribution >= 4 is 27.5 Å². The average molecular weight is 829 g/mol. The molecular weight excluding hydrogens is 749 g/mol. The van der Waals surface area contributed by atoms with E-state index in [1.54, 1.807) is 13.8 Å². The summed E-state index contributed by atoms with van der Waals surface area (Å²) in [7, 11) is 0. The van der Waals surface area contributed by atoms with Crippen LogP contribution in [0.2, 0.25) is 0 Å². The molecule has 2 nitrogen and oxygen atoms in total. The molecule has 0 aromatic heterocycles. The number of ketones is 2. The van der Waals surface area contributed by atoms with E-state index in [2.05, 4.69) is 140 Å². The highest BCUT2D eigenvalue weighted by Crippen LogP contribution is 2.30. The molecule has 3 heteroatoms. The molecule has 0 aliphatic heterocycles. The molecule has 310 valence electrons. The molecule has 1 rings (SSSR count). The molecule has 0 saturated heterocycles. The van der Waals surface area contributed by atoms with E-state index in [-0.39, 0.29) is 11.6 Å². The number of allylic oxidation sites excluding steroid dienone is 22. The zero-order chi connectivity index (χ0) is 42.0.